The zero-order valence-corrected chi connectivity index (χ0v) is 14.1. The zero-order chi connectivity index (χ0) is 17.7. The lowest BCUT2D eigenvalue weighted by Gasteiger charge is -2.31. The van der Waals surface area contributed by atoms with Crippen LogP contribution in [0.5, 0.6) is 5.75 Å². The van der Waals surface area contributed by atoms with Gasteiger partial charge in [0.1, 0.15) is 5.75 Å². The van der Waals surface area contributed by atoms with Crippen LogP contribution in [0.3, 0.4) is 0 Å². The van der Waals surface area contributed by atoms with Crippen LogP contribution < -0.4 is 10.1 Å². The number of hydrogen-bond acceptors (Lipinski definition) is 3. The normalized spacial score (nSPS) is 18.4. The van der Waals surface area contributed by atoms with Gasteiger partial charge < -0.3 is 15.0 Å². The van der Waals surface area contributed by atoms with Gasteiger partial charge in [0, 0.05) is 18.1 Å². The van der Waals surface area contributed by atoms with Crippen molar-refractivity contribution in [3.05, 3.63) is 23.2 Å². The molecule has 1 aliphatic heterocycles. The monoisotopic (exact) mass is 364 g/mol. The predicted molar refractivity (Wildman–Crippen MR) is 86.5 cm³/mol. The molecule has 24 heavy (non-hydrogen) atoms. The van der Waals surface area contributed by atoms with Gasteiger partial charge in [0.05, 0.1) is 12.2 Å². The number of anilines is 1. The first-order valence-electron chi connectivity index (χ1n) is 7.75. The van der Waals surface area contributed by atoms with Gasteiger partial charge in [-0.05, 0) is 37.0 Å². The van der Waals surface area contributed by atoms with Crippen molar-refractivity contribution in [2.45, 2.75) is 25.9 Å². The number of rotatable bonds is 5. The smallest absolute Gasteiger partial charge is 0.422 e. The summed E-state index contributed by atoms with van der Waals surface area (Å²) in [4.78, 5) is 14.0. The van der Waals surface area contributed by atoms with Gasteiger partial charge in [-0.3, -0.25) is 4.79 Å². The van der Waals surface area contributed by atoms with E-state index in [1.54, 1.807) is 4.90 Å². The van der Waals surface area contributed by atoms with Crippen LogP contribution >= 0.6 is 11.6 Å². The summed E-state index contributed by atoms with van der Waals surface area (Å²) >= 11 is 5.88. The molecule has 134 valence electrons. The Morgan fingerprint density at radius 3 is 2.88 bits per heavy atom. The number of alkyl halides is 3. The predicted octanol–water partition coefficient (Wildman–Crippen LogP) is 3.95. The van der Waals surface area contributed by atoms with E-state index in [0.29, 0.717) is 24.0 Å². The molecule has 1 aromatic rings. The average Bonchev–Trinajstić information content (AvgIpc) is 2.50. The van der Waals surface area contributed by atoms with E-state index in [9.17, 15) is 18.0 Å². The van der Waals surface area contributed by atoms with Crippen molar-refractivity contribution in [2.75, 3.05) is 31.6 Å². The van der Waals surface area contributed by atoms with E-state index in [2.05, 4.69) is 12.2 Å². The van der Waals surface area contributed by atoms with E-state index in [0.717, 1.165) is 12.8 Å². The van der Waals surface area contributed by atoms with Gasteiger partial charge in [-0.1, -0.05) is 18.5 Å². The molecule has 1 amide bonds. The van der Waals surface area contributed by atoms with Gasteiger partial charge in [0.25, 0.3) is 0 Å². The summed E-state index contributed by atoms with van der Waals surface area (Å²) in [5.74, 6) is 0.374. The summed E-state index contributed by atoms with van der Waals surface area (Å²) in [6, 6.07) is 4.23. The first-order valence-corrected chi connectivity index (χ1v) is 8.13. The van der Waals surface area contributed by atoms with Crippen LogP contribution in [0.4, 0.5) is 18.9 Å². The summed E-state index contributed by atoms with van der Waals surface area (Å²) in [6.07, 6.45) is -2.37. The Morgan fingerprint density at radius 2 is 2.21 bits per heavy atom. The van der Waals surface area contributed by atoms with Gasteiger partial charge in [-0.2, -0.15) is 13.2 Å². The van der Waals surface area contributed by atoms with Crippen molar-refractivity contribution in [1.29, 1.82) is 0 Å². The fourth-order valence-electron chi connectivity index (χ4n) is 2.62. The van der Waals surface area contributed by atoms with Crippen LogP contribution in [0, 0.1) is 5.92 Å². The number of ether oxygens (including phenoxy) is 1. The highest BCUT2D eigenvalue weighted by Crippen LogP contribution is 2.29. The van der Waals surface area contributed by atoms with Crippen molar-refractivity contribution in [3.63, 3.8) is 0 Å². The summed E-state index contributed by atoms with van der Waals surface area (Å²) in [6.45, 7) is 2.08. The Labute approximate surface area is 143 Å². The second-order valence-corrected chi connectivity index (χ2v) is 6.42. The molecule has 1 unspecified atom stereocenters. The molecule has 0 saturated carbocycles. The van der Waals surface area contributed by atoms with Crippen LogP contribution in [0.2, 0.25) is 5.02 Å². The second-order valence-electron chi connectivity index (χ2n) is 5.99. The largest absolute Gasteiger partial charge is 0.482 e. The molecule has 1 atom stereocenters. The quantitative estimate of drug-likeness (QED) is 0.860. The van der Waals surface area contributed by atoms with E-state index in [4.69, 9.17) is 16.3 Å². The van der Waals surface area contributed by atoms with Gasteiger partial charge in [0.2, 0.25) is 5.91 Å². The fourth-order valence-corrected chi connectivity index (χ4v) is 2.80. The van der Waals surface area contributed by atoms with Crippen molar-refractivity contribution in [3.8, 4) is 5.75 Å². The summed E-state index contributed by atoms with van der Waals surface area (Å²) < 4.78 is 41.7. The first-order chi connectivity index (χ1) is 11.2. The molecular formula is C16H20ClF3N2O2. The van der Waals surface area contributed by atoms with Gasteiger partial charge >= 0.3 is 6.18 Å². The summed E-state index contributed by atoms with van der Waals surface area (Å²) in [7, 11) is 0. The molecule has 0 aromatic heterocycles. The van der Waals surface area contributed by atoms with E-state index in [1.807, 2.05) is 0 Å². The molecule has 0 bridgehead atoms. The van der Waals surface area contributed by atoms with Crippen LogP contribution in [0.15, 0.2) is 18.2 Å². The van der Waals surface area contributed by atoms with Crippen LogP contribution in [0.25, 0.3) is 0 Å². The lowest BCUT2D eigenvalue weighted by atomic mass is 10.0. The van der Waals surface area contributed by atoms with E-state index >= 15 is 0 Å². The van der Waals surface area contributed by atoms with Crippen molar-refractivity contribution in [2.24, 2.45) is 5.92 Å². The number of hydrogen-bond donors (Lipinski definition) is 1. The standard InChI is InChI=1S/C16H20ClF3N2O2/c1-11-3-2-6-22(9-11)15(23)8-21-13-7-12(17)4-5-14(13)24-10-16(18,19)20/h4-5,7,11,21H,2-3,6,8-10H2,1H3. The number of likely N-dealkylation sites (tertiary alicyclic amines) is 1. The van der Waals surface area contributed by atoms with E-state index in [-0.39, 0.29) is 23.9 Å². The molecule has 8 heteroatoms. The maximum absolute atomic E-state index is 12.3. The van der Waals surface area contributed by atoms with Gasteiger partial charge in [-0.15, -0.1) is 0 Å². The Morgan fingerprint density at radius 1 is 1.46 bits per heavy atom. The second kappa shape index (κ2) is 7.96. The highest BCUT2D eigenvalue weighted by atomic mass is 35.5. The molecule has 1 saturated heterocycles. The zero-order valence-electron chi connectivity index (χ0n) is 13.3. The summed E-state index contributed by atoms with van der Waals surface area (Å²) in [5, 5.41) is 3.18. The number of halogens is 4. The van der Waals surface area contributed by atoms with Crippen LogP contribution in [-0.4, -0.2) is 43.2 Å². The van der Waals surface area contributed by atoms with Gasteiger partial charge in [0.15, 0.2) is 6.61 Å². The van der Waals surface area contributed by atoms with Crippen molar-refractivity contribution >= 4 is 23.2 Å². The molecule has 1 heterocycles. The van der Waals surface area contributed by atoms with Crippen LogP contribution in [-0.2, 0) is 4.79 Å². The number of nitrogens with zero attached hydrogens (tertiary/aromatic N) is 1. The number of carbonyl (C=O) groups is 1. The minimum Gasteiger partial charge on any atom is -0.482 e. The maximum atomic E-state index is 12.3. The molecule has 1 aromatic carbocycles. The Kier molecular flexibility index (Phi) is 6.21. The third-order valence-electron chi connectivity index (χ3n) is 3.77. The molecule has 0 radical (unpaired) electrons. The Bertz CT molecular complexity index is 581. The highest BCUT2D eigenvalue weighted by molar-refractivity contribution is 6.30. The molecule has 4 nitrogen and oxygen atoms in total. The summed E-state index contributed by atoms with van der Waals surface area (Å²) in [5.41, 5.74) is 0.269. The molecule has 1 aliphatic rings. The maximum Gasteiger partial charge on any atom is 0.422 e. The highest BCUT2D eigenvalue weighted by Gasteiger charge is 2.29. The van der Waals surface area contributed by atoms with E-state index in [1.165, 1.54) is 18.2 Å². The lowest BCUT2D eigenvalue weighted by molar-refractivity contribution is -0.153. The number of carbonyl (C=O) groups excluding carboxylic acids is 1. The third kappa shape index (κ3) is 5.78. The molecule has 1 fully saturated rings. The van der Waals surface area contributed by atoms with Crippen molar-refractivity contribution < 1.29 is 22.7 Å². The van der Waals surface area contributed by atoms with Crippen LogP contribution in [0.1, 0.15) is 19.8 Å². The number of amides is 1. The minimum atomic E-state index is -4.43. The first kappa shape index (κ1) is 18.7. The topological polar surface area (TPSA) is 41.6 Å². The Hall–Kier alpha value is -1.63. The molecule has 0 spiro atoms. The average molecular weight is 365 g/mol. The Balaban J connectivity index is 1.97. The van der Waals surface area contributed by atoms with Gasteiger partial charge in [-0.25, -0.2) is 0 Å². The third-order valence-corrected chi connectivity index (χ3v) is 4.01. The number of nitrogens with one attached hydrogen (secondary N) is 1. The van der Waals surface area contributed by atoms with Crippen molar-refractivity contribution in [1.82, 2.24) is 4.90 Å². The molecule has 2 rings (SSSR count). The lowest BCUT2D eigenvalue weighted by Crippen LogP contribution is -2.42. The molecule has 1 N–H and O–H groups in total. The fraction of sp³-hybridized carbons (Fsp3) is 0.562. The SMILES string of the molecule is CC1CCCN(C(=O)CNc2cc(Cl)ccc2OCC(F)(F)F)C1. The number of benzene rings is 1. The molecular weight excluding hydrogens is 345 g/mol. The number of piperidine rings is 1. The molecule has 0 aliphatic carbocycles. The van der Waals surface area contributed by atoms with E-state index < -0.39 is 12.8 Å². The minimum absolute atomic E-state index is 0.0107.